The molecule has 3 heterocycles. The summed E-state index contributed by atoms with van der Waals surface area (Å²) in [6, 6.07) is 5.60. The van der Waals surface area contributed by atoms with Gasteiger partial charge in [-0.15, -0.1) is 0 Å². The Bertz CT molecular complexity index is 1030. The predicted octanol–water partition coefficient (Wildman–Crippen LogP) is -0.131. The summed E-state index contributed by atoms with van der Waals surface area (Å²) in [5.41, 5.74) is 1.66. The van der Waals surface area contributed by atoms with Crippen LogP contribution >= 0.6 is 23.2 Å². The molecule has 0 aliphatic carbocycles. The zero-order valence-electron chi connectivity index (χ0n) is 20.3. The number of anilines is 1. The molecule has 12 heteroatoms. The Labute approximate surface area is 276 Å². The van der Waals surface area contributed by atoms with Crippen molar-refractivity contribution in [2.75, 3.05) is 38.2 Å². The Hall–Kier alpha value is -0.353. The van der Waals surface area contributed by atoms with E-state index in [9.17, 15) is 20.0 Å². The minimum Gasteiger partial charge on any atom is -0.495 e. The average molecular weight is 639 g/mol. The Morgan fingerprint density at radius 3 is 2.54 bits per heavy atom. The number of piperazine rings is 1. The van der Waals surface area contributed by atoms with Crippen molar-refractivity contribution in [1.82, 2.24) is 9.80 Å². The molecule has 1 unspecified atom stereocenters. The number of ether oxygens (including phenoxy) is 1. The van der Waals surface area contributed by atoms with Crippen molar-refractivity contribution in [3.05, 3.63) is 41.3 Å². The Morgan fingerprint density at radius 2 is 1.97 bits per heavy atom. The number of rotatable bonds is 5. The molecule has 4 rings (SSSR count). The van der Waals surface area contributed by atoms with Gasteiger partial charge in [-0.1, -0.05) is 42.0 Å². The summed E-state index contributed by atoms with van der Waals surface area (Å²) < 4.78 is 5.60. The van der Waals surface area contributed by atoms with Gasteiger partial charge in [-0.05, 0) is 24.1 Å². The third-order valence-corrected chi connectivity index (χ3v) is 7.55. The summed E-state index contributed by atoms with van der Waals surface area (Å²) in [7, 11) is 1.58. The fourth-order valence-corrected chi connectivity index (χ4v) is 5.24. The van der Waals surface area contributed by atoms with Crippen LogP contribution in [0.5, 0.6) is 5.75 Å². The quantitative estimate of drug-likeness (QED) is 0.357. The average Bonchev–Trinajstić information content (AvgIpc) is 3.39. The molecule has 3 aliphatic heterocycles. The van der Waals surface area contributed by atoms with Gasteiger partial charge in [-0.25, -0.2) is 5.26 Å². The molecule has 2 atom stereocenters. The van der Waals surface area contributed by atoms with E-state index in [-0.39, 0.29) is 111 Å². The number of methoxy groups -OCH3 is 1. The minimum absolute atomic E-state index is 0. The Balaban J connectivity index is 0.00000216. The van der Waals surface area contributed by atoms with E-state index in [1.165, 1.54) is 4.90 Å². The van der Waals surface area contributed by atoms with E-state index in [0.29, 0.717) is 31.9 Å². The van der Waals surface area contributed by atoms with Gasteiger partial charge in [-0.2, -0.15) is 0 Å². The maximum absolute atomic E-state index is 12.9. The normalized spacial score (nSPS) is 22.1. The standard InChI is InChI=1S/C22H25BCl2N4O4.CH3.Cs/c1-33-17-11-14(12-29-21(31)18(24)19(25)22(29)32)4-5-16(17)27-7-9-28(10-8-27)20(30)15-3-2-6-23(15)13-26;;/h4-5,11,15,21,31H,2-3,6-10,12H2,1H3;1H3;/q;-1;+1/t15-,21?;;/m0../s1. The van der Waals surface area contributed by atoms with Gasteiger partial charge in [0.25, 0.3) is 12.6 Å². The molecule has 1 N–H and O–H groups in total. The molecule has 0 bridgehead atoms. The third-order valence-electron chi connectivity index (χ3n) is 6.71. The van der Waals surface area contributed by atoms with E-state index in [1.54, 1.807) is 7.11 Å². The zero-order chi connectivity index (χ0) is 23.7. The van der Waals surface area contributed by atoms with E-state index in [4.69, 9.17) is 27.9 Å². The van der Waals surface area contributed by atoms with Crippen molar-refractivity contribution in [1.29, 1.82) is 5.26 Å². The van der Waals surface area contributed by atoms with Crippen LogP contribution in [-0.2, 0) is 16.1 Å². The SMILES string of the molecule is COc1cc(CN2C(=O)C(Cl)=C(Cl)C2O)ccc1N1CCN(C(=O)[C@@H]2CCCB2C#N)CC1.[CH3-].[Cs+]. The molecule has 8 nitrogen and oxygen atoms in total. The molecule has 1 aromatic rings. The van der Waals surface area contributed by atoms with Crippen molar-refractivity contribution in [3.63, 3.8) is 0 Å². The van der Waals surface area contributed by atoms with Crippen molar-refractivity contribution in [2.45, 2.75) is 37.8 Å². The molecule has 1 aromatic carbocycles. The largest absolute Gasteiger partial charge is 1.00 e. The topological polar surface area (TPSA) is 97.1 Å². The fourth-order valence-electron chi connectivity index (χ4n) is 4.84. The molecular weight excluding hydrogens is 611 g/mol. The first-order chi connectivity index (χ1) is 15.8. The molecule has 0 spiro atoms. The molecule has 3 aliphatic rings. The number of halogens is 2. The summed E-state index contributed by atoms with van der Waals surface area (Å²) in [6.07, 6.45) is 1.29. The molecule has 2 saturated heterocycles. The number of nitriles is 1. The van der Waals surface area contributed by atoms with Crippen LogP contribution in [0, 0.1) is 18.7 Å². The van der Waals surface area contributed by atoms with Gasteiger partial charge in [0.15, 0.2) is 6.23 Å². The predicted molar refractivity (Wildman–Crippen MR) is 133 cm³/mol. The summed E-state index contributed by atoms with van der Waals surface area (Å²) in [5.74, 6) is 2.34. The third kappa shape index (κ3) is 6.39. The number of hydrogen-bond acceptors (Lipinski definition) is 6. The first kappa shape index (κ1) is 30.9. The molecular formula is C23H28BCl2CsN4O4. The zero-order valence-corrected chi connectivity index (χ0v) is 28.1. The number of benzene rings is 1. The molecule has 2 fully saturated rings. The van der Waals surface area contributed by atoms with Crippen molar-refractivity contribution < 1.29 is 88.3 Å². The Kier molecular flexibility index (Phi) is 11.9. The number of nitrogens with zero attached hydrogens (tertiary/aromatic N) is 4. The number of hydrogen-bond donors (Lipinski definition) is 1. The molecule has 35 heavy (non-hydrogen) atoms. The molecule has 0 saturated carbocycles. The van der Waals surface area contributed by atoms with Gasteiger partial charge >= 0.3 is 68.9 Å². The summed E-state index contributed by atoms with van der Waals surface area (Å²) in [6.45, 7) is 2.47. The summed E-state index contributed by atoms with van der Waals surface area (Å²) in [5, 5.41) is 19.2. The first-order valence-corrected chi connectivity index (χ1v) is 11.8. The minimum atomic E-state index is -1.26. The van der Waals surface area contributed by atoms with Crippen LogP contribution < -0.4 is 78.5 Å². The maximum atomic E-state index is 12.9. The summed E-state index contributed by atoms with van der Waals surface area (Å²) in [4.78, 5) is 30.4. The Morgan fingerprint density at radius 1 is 1.29 bits per heavy atom. The van der Waals surface area contributed by atoms with E-state index in [0.717, 1.165) is 30.4 Å². The number of aliphatic hydroxyl groups excluding tert-OH is 1. The van der Waals surface area contributed by atoms with Crippen LogP contribution in [0.3, 0.4) is 0 Å². The molecule has 0 radical (unpaired) electrons. The van der Waals surface area contributed by atoms with E-state index in [2.05, 4.69) is 10.9 Å². The second-order valence-electron chi connectivity index (χ2n) is 8.56. The van der Waals surface area contributed by atoms with E-state index < -0.39 is 12.1 Å². The van der Waals surface area contributed by atoms with Gasteiger partial charge in [0, 0.05) is 44.5 Å². The van der Waals surface area contributed by atoms with Crippen molar-refractivity contribution >= 4 is 47.4 Å². The maximum Gasteiger partial charge on any atom is 1.00 e. The van der Waals surface area contributed by atoms with Gasteiger partial charge in [0.2, 0.25) is 5.91 Å². The second kappa shape index (κ2) is 13.4. The number of carbonyl (C=O) groups is 2. The van der Waals surface area contributed by atoms with Crippen LogP contribution in [0.1, 0.15) is 18.4 Å². The van der Waals surface area contributed by atoms with E-state index >= 15 is 0 Å². The van der Waals surface area contributed by atoms with Crippen molar-refractivity contribution in [3.8, 4) is 11.7 Å². The monoisotopic (exact) mass is 638 g/mol. The fraction of sp³-hybridized carbons (Fsp3) is 0.478. The van der Waals surface area contributed by atoms with Crippen LogP contribution in [0.25, 0.3) is 0 Å². The van der Waals surface area contributed by atoms with Gasteiger partial charge in [-0.3, -0.25) is 9.59 Å². The second-order valence-corrected chi connectivity index (χ2v) is 9.35. The molecule has 0 aromatic heterocycles. The number of aliphatic hydroxyl groups is 1. The van der Waals surface area contributed by atoms with E-state index in [1.807, 2.05) is 23.1 Å². The first-order valence-electron chi connectivity index (χ1n) is 11.0. The number of carbonyl (C=O) groups excluding carboxylic acids is 2. The van der Waals surface area contributed by atoms with Crippen LogP contribution in [0.15, 0.2) is 28.3 Å². The summed E-state index contributed by atoms with van der Waals surface area (Å²) >= 11 is 11.8. The van der Waals surface area contributed by atoms with Crippen LogP contribution in [0.2, 0.25) is 12.1 Å². The van der Waals surface area contributed by atoms with Crippen LogP contribution in [-0.4, -0.2) is 73.0 Å². The smallest absolute Gasteiger partial charge is 0.495 e. The van der Waals surface area contributed by atoms with Crippen LogP contribution in [0.4, 0.5) is 5.69 Å². The number of amides is 2. The van der Waals surface area contributed by atoms with Gasteiger partial charge in [0.1, 0.15) is 10.8 Å². The molecule has 2 amide bonds. The molecule has 182 valence electrons. The van der Waals surface area contributed by atoms with Gasteiger partial charge < -0.3 is 32.0 Å². The van der Waals surface area contributed by atoms with Gasteiger partial charge in [0.05, 0.1) is 17.8 Å². The van der Waals surface area contributed by atoms with Crippen molar-refractivity contribution in [2.24, 2.45) is 0 Å².